The summed E-state index contributed by atoms with van der Waals surface area (Å²) in [6.45, 7) is 5.81. The van der Waals surface area contributed by atoms with Gasteiger partial charge in [-0.25, -0.2) is 0 Å². The predicted octanol–water partition coefficient (Wildman–Crippen LogP) is 2.80. The molecule has 0 saturated heterocycles. The second kappa shape index (κ2) is 6.77. The van der Waals surface area contributed by atoms with Gasteiger partial charge in [0, 0.05) is 5.92 Å². The molecule has 1 aliphatic carbocycles. The first-order valence-electron chi connectivity index (χ1n) is 7.68. The molecule has 0 bridgehead atoms. The van der Waals surface area contributed by atoms with Gasteiger partial charge in [-0.3, -0.25) is 9.59 Å². The van der Waals surface area contributed by atoms with E-state index in [1.54, 1.807) is 13.8 Å². The van der Waals surface area contributed by atoms with E-state index in [2.05, 4.69) is 0 Å². The van der Waals surface area contributed by atoms with Crippen molar-refractivity contribution in [2.24, 2.45) is 5.92 Å². The summed E-state index contributed by atoms with van der Waals surface area (Å²) in [4.78, 5) is 25.5. The molecule has 2 rings (SSSR count). The molecule has 22 heavy (non-hydrogen) atoms. The highest BCUT2D eigenvalue weighted by molar-refractivity contribution is 6.08. The molecule has 0 amide bonds. The second-order valence-corrected chi connectivity index (χ2v) is 5.24. The van der Waals surface area contributed by atoms with Crippen LogP contribution >= 0.6 is 0 Å². The van der Waals surface area contributed by atoms with E-state index >= 15 is 0 Å². The molecule has 0 fully saturated rings. The zero-order valence-electron chi connectivity index (χ0n) is 13.3. The van der Waals surface area contributed by atoms with Gasteiger partial charge in [-0.2, -0.15) is 0 Å². The Morgan fingerprint density at radius 2 is 1.77 bits per heavy atom. The van der Waals surface area contributed by atoms with Gasteiger partial charge in [0.05, 0.1) is 13.2 Å². The van der Waals surface area contributed by atoms with E-state index in [0.29, 0.717) is 12.0 Å². The zero-order chi connectivity index (χ0) is 16.2. The molecule has 0 spiro atoms. The maximum atomic E-state index is 12.8. The highest BCUT2D eigenvalue weighted by atomic mass is 16.6. The van der Waals surface area contributed by atoms with E-state index in [1.807, 2.05) is 43.3 Å². The number of esters is 2. The number of hydrogen-bond donors (Lipinski definition) is 0. The lowest BCUT2D eigenvalue weighted by molar-refractivity contribution is -0.166. The first-order valence-corrected chi connectivity index (χ1v) is 7.68. The number of benzene rings is 1. The van der Waals surface area contributed by atoms with Gasteiger partial charge < -0.3 is 9.47 Å². The van der Waals surface area contributed by atoms with Crippen molar-refractivity contribution in [3.05, 3.63) is 47.5 Å². The molecule has 118 valence electrons. The van der Waals surface area contributed by atoms with Gasteiger partial charge in [-0.15, -0.1) is 0 Å². The maximum absolute atomic E-state index is 12.8. The molecule has 0 aromatic heterocycles. The van der Waals surface area contributed by atoms with Crippen LogP contribution < -0.4 is 0 Å². The quantitative estimate of drug-likeness (QED) is 0.477. The van der Waals surface area contributed by atoms with Crippen LogP contribution in [-0.2, 0) is 30.9 Å². The minimum Gasteiger partial charge on any atom is -0.465 e. The summed E-state index contributed by atoms with van der Waals surface area (Å²) in [6, 6.07) is 7.53. The van der Waals surface area contributed by atoms with Gasteiger partial charge in [0.2, 0.25) is 0 Å². The predicted molar refractivity (Wildman–Crippen MR) is 83.4 cm³/mol. The van der Waals surface area contributed by atoms with Crippen LogP contribution in [0.3, 0.4) is 0 Å². The summed E-state index contributed by atoms with van der Waals surface area (Å²) < 4.78 is 10.5. The third kappa shape index (κ3) is 2.43. The van der Waals surface area contributed by atoms with E-state index < -0.39 is 17.4 Å². The second-order valence-electron chi connectivity index (χ2n) is 5.24. The number of carbonyl (C=O) groups excluding carboxylic acids is 2. The molecular formula is C18H22O4. The van der Waals surface area contributed by atoms with E-state index in [-0.39, 0.29) is 19.1 Å². The Morgan fingerprint density at radius 1 is 1.18 bits per heavy atom. The summed E-state index contributed by atoms with van der Waals surface area (Å²) in [7, 11) is 0. The smallest absolute Gasteiger partial charge is 0.328 e. The first-order chi connectivity index (χ1) is 10.6. The molecule has 1 unspecified atom stereocenters. The van der Waals surface area contributed by atoms with Crippen LogP contribution in [0.25, 0.3) is 0 Å². The Balaban J connectivity index is 2.65. The van der Waals surface area contributed by atoms with Crippen molar-refractivity contribution in [1.82, 2.24) is 0 Å². The first kappa shape index (κ1) is 16.3. The minimum absolute atomic E-state index is 0.227. The van der Waals surface area contributed by atoms with Crippen molar-refractivity contribution < 1.29 is 19.1 Å². The Kier molecular flexibility index (Phi) is 5.01. The SMILES string of the molecule is C/C=C/C1Cc2ccccc2C1(C(=O)OCC)C(=O)OCC. The van der Waals surface area contributed by atoms with E-state index in [9.17, 15) is 9.59 Å². The van der Waals surface area contributed by atoms with Crippen LogP contribution in [0, 0.1) is 5.92 Å². The average Bonchev–Trinajstić information content (AvgIpc) is 2.83. The fraction of sp³-hybridized carbons (Fsp3) is 0.444. The number of hydrogen-bond acceptors (Lipinski definition) is 4. The lowest BCUT2D eigenvalue weighted by atomic mass is 9.74. The fourth-order valence-electron chi connectivity index (χ4n) is 3.21. The Bertz CT molecular complexity index is 571. The summed E-state index contributed by atoms with van der Waals surface area (Å²) in [5, 5.41) is 0. The van der Waals surface area contributed by atoms with Crippen LogP contribution in [0.15, 0.2) is 36.4 Å². The molecule has 1 atom stereocenters. The highest BCUT2D eigenvalue weighted by Crippen LogP contribution is 2.46. The van der Waals surface area contributed by atoms with Crippen molar-refractivity contribution in [3.63, 3.8) is 0 Å². The highest BCUT2D eigenvalue weighted by Gasteiger charge is 2.59. The van der Waals surface area contributed by atoms with Gasteiger partial charge in [-0.1, -0.05) is 36.4 Å². The number of carbonyl (C=O) groups is 2. The lowest BCUT2D eigenvalue weighted by Crippen LogP contribution is -2.49. The monoisotopic (exact) mass is 302 g/mol. The average molecular weight is 302 g/mol. The molecule has 0 heterocycles. The maximum Gasteiger partial charge on any atom is 0.328 e. The Hall–Kier alpha value is -2.10. The topological polar surface area (TPSA) is 52.6 Å². The Labute approximate surface area is 131 Å². The van der Waals surface area contributed by atoms with Crippen molar-refractivity contribution in [2.75, 3.05) is 13.2 Å². The van der Waals surface area contributed by atoms with Crippen molar-refractivity contribution in [1.29, 1.82) is 0 Å². The van der Waals surface area contributed by atoms with E-state index in [1.165, 1.54) is 0 Å². The van der Waals surface area contributed by atoms with E-state index in [0.717, 1.165) is 5.56 Å². The molecule has 1 aliphatic rings. The standard InChI is InChI=1S/C18H22O4/c1-4-9-14-12-13-10-7-8-11-15(13)18(14,16(19)21-5-2)17(20)22-6-3/h4,7-11,14H,5-6,12H2,1-3H3/b9-4+. The molecule has 0 radical (unpaired) electrons. The molecule has 0 aliphatic heterocycles. The summed E-state index contributed by atoms with van der Waals surface area (Å²) in [6.07, 6.45) is 4.38. The van der Waals surface area contributed by atoms with Crippen LogP contribution in [0.2, 0.25) is 0 Å². The summed E-state index contributed by atoms with van der Waals surface area (Å²) in [5.74, 6) is -1.34. The Morgan fingerprint density at radius 3 is 2.32 bits per heavy atom. The number of allylic oxidation sites excluding steroid dienone is 2. The normalized spacial score (nSPS) is 19.0. The molecular weight excluding hydrogens is 280 g/mol. The fourth-order valence-corrected chi connectivity index (χ4v) is 3.21. The third-order valence-corrected chi connectivity index (χ3v) is 4.06. The molecule has 4 nitrogen and oxygen atoms in total. The number of ether oxygens (including phenoxy) is 2. The van der Waals surface area contributed by atoms with E-state index in [4.69, 9.17) is 9.47 Å². The van der Waals surface area contributed by atoms with Gasteiger partial charge in [0.1, 0.15) is 0 Å². The third-order valence-electron chi connectivity index (χ3n) is 4.06. The van der Waals surface area contributed by atoms with Crippen molar-refractivity contribution in [2.45, 2.75) is 32.6 Å². The molecule has 4 heteroatoms. The lowest BCUT2D eigenvalue weighted by Gasteiger charge is -2.30. The van der Waals surface area contributed by atoms with Crippen LogP contribution in [-0.4, -0.2) is 25.2 Å². The van der Waals surface area contributed by atoms with Gasteiger partial charge >= 0.3 is 11.9 Å². The van der Waals surface area contributed by atoms with Gasteiger partial charge in [0.15, 0.2) is 5.41 Å². The van der Waals surface area contributed by atoms with Gasteiger partial charge in [-0.05, 0) is 38.3 Å². The number of rotatable bonds is 5. The molecule has 0 saturated carbocycles. The van der Waals surface area contributed by atoms with Crippen LogP contribution in [0.5, 0.6) is 0 Å². The molecule has 0 N–H and O–H groups in total. The van der Waals surface area contributed by atoms with Crippen LogP contribution in [0.1, 0.15) is 31.9 Å². The van der Waals surface area contributed by atoms with Crippen LogP contribution in [0.4, 0.5) is 0 Å². The molecule has 1 aromatic rings. The van der Waals surface area contributed by atoms with Crippen molar-refractivity contribution in [3.8, 4) is 0 Å². The zero-order valence-corrected chi connectivity index (χ0v) is 13.3. The van der Waals surface area contributed by atoms with Crippen molar-refractivity contribution >= 4 is 11.9 Å². The largest absolute Gasteiger partial charge is 0.465 e. The minimum atomic E-state index is -1.39. The number of fused-ring (bicyclic) bond motifs is 1. The summed E-state index contributed by atoms with van der Waals surface area (Å²) in [5.41, 5.74) is 0.302. The van der Waals surface area contributed by atoms with Gasteiger partial charge in [0.25, 0.3) is 0 Å². The molecule has 1 aromatic carbocycles. The summed E-state index contributed by atoms with van der Waals surface area (Å²) >= 11 is 0.